The van der Waals surface area contributed by atoms with Crippen LogP contribution in [0.15, 0.2) is 0 Å². The van der Waals surface area contributed by atoms with Crippen molar-refractivity contribution in [3.8, 4) is 0 Å². The lowest BCUT2D eigenvalue weighted by Crippen LogP contribution is -2.58. The van der Waals surface area contributed by atoms with Gasteiger partial charge in [0.25, 0.3) is 0 Å². The molecule has 9 heteroatoms. The summed E-state index contributed by atoms with van der Waals surface area (Å²) in [5.41, 5.74) is 0. The van der Waals surface area contributed by atoms with Crippen LogP contribution in [0.2, 0.25) is 0 Å². The van der Waals surface area contributed by atoms with Crippen molar-refractivity contribution in [2.45, 2.75) is 68.8 Å². The van der Waals surface area contributed by atoms with E-state index in [0.717, 1.165) is 0 Å². The molecule has 0 aromatic carbocycles. The summed E-state index contributed by atoms with van der Waals surface area (Å²) >= 11 is 0. The minimum atomic E-state index is -1.33. The highest BCUT2D eigenvalue weighted by atomic mass is 16.6. The van der Waals surface area contributed by atoms with Crippen LogP contribution in [-0.4, -0.2) is 105 Å². The second kappa shape index (κ2) is 8.35. The molecule has 0 radical (unpaired) electrons. The fourth-order valence-electron chi connectivity index (χ4n) is 3.10. The normalized spacial score (nSPS) is 50.0. The zero-order valence-electron chi connectivity index (χ0n) is 13.8. The summed E-state index contributed by atoms with van der Waals surface area (Å²) in [4.78, 5) is 0. The number of hydrogen-bond donors (Lipinski definition) is 6. The molecule has 10 atom stereocenters. The van der Waals surface area contributed by atoms with Crippen molar-refractivity contribution in [2.24, 2.45) is 5.92 Å². The lowest BCUT2D eigenvalue weighted by atomic mass is 9.88. The van der Waals surface area contributed by atoms with Crippen LogP contribution in [0.1, 0.15) is 13.8 Å². The van der Waals surface area contributed by atoms with Crippen LogP contribution in [0.5, 0.6) is 0 Å². The highest BCUT2D eigenvalue weighted by Crippen LogP contribution is 2.26. The van der Waals surface area contributed by atoms with Gasteiger partial charge in [-0.1, -0.05) is 6.92 Å². The molecule has 9 nitrogen and oxygen atoms in total. The second-order valence-electron chi connectivity index (χ2n) is 6.62. The number of ether oxygens (including phenoxy) is 3. The van der Waals surface area contributed by atoms with Gasteiger partial charge in [0.1, 0.15) is 36.6 Å². The zero-order valence-corrected chi connectivity index (χ0v) is 13.8. The fourth-order valence-corrected chi connectivity index (χ4v) is 3.10. The van der Waals surface area contributed by atoms with Gasteiger partial charge >= 0.3 is 0 Å². The summed E-state index contributed by atoms with van der Waals surface area (Å²) < 4.78 is 16.3. The minimum Gasteiger partial charge on any atom is -0.394 e. The quantitative estimate of drug-likeness (QED) is 0.304. The van der Waals surface area contributed by atoms with Gasteiger partial charge < -0.3 is 44.8 Å². The number of aliphatic hydroxyl groups excluding tert-OH is 6. The summed E-state index contributed by atoms with van der Waals surface area (Å²) in [6, 6.07) is 0. The van der Waals surface area contributed by atoms with Gasteiger partial charge in [-0.2, -0.15) is 0 Å². The highest BCUT2D eigenvalue weighted by molar-refractivity contribution is 4.92. The molecule has 0 spiro atoms. The fraction of sp³-hybridized carbons (Fsp3) is 1.00. The Morgan fingerprint density at radius 2 is 1.25 bits per heavy atom. The Labute approximate surface area is 140 Å². The van der Waals surface area contributed by atoms with Crippen molar-refractivity contribution in [1.82, 2.24) is 0 Å². The van der Waals surface area contributed by atoms with Crippen LogP contribution in [0.3, 0.4) is 0 Å². The molecule has 0 aromatic heterocycles. The maximum atomic E-state index is 10.0. The lowest BCUT2D eigenvalue weighted by molar-refractivity contribution is -0.240. The summed E-state index contributed by atoms with van der Waals surface area (Å²) in [7, 11) is 0. The molecule has 0 aliphatic carbocycles. The lowest BCUT2D eigenvalue weighted by Gasteiger charge is -2.41. The molecule has 6 N–H and O–H groups in total. The Morgan fingerprint density at radius 1 is 0.708 bits per heavy atom. The standard InChI is InChI=1S/C15H28O9/c1-6-8(3-16)24-10(13(19)11(6)17)5-22-4-9-14(20)15(21)12(18)7(2)23-9/h6-21H,3-5H2,1-2H3. The maximum absolute atomic E-state index is 10.0. The van der Waals surface area contributed by atoms with Gasteiger partial charge in [-0.25, -0.2) is 0 Å². The molecule has 2 rings (SSSR count). The third-order valence-electron chi connectivity index (χ3n) is 4.90. The van der Waals surface area contributed by atoms with Gasteiger partial charge in [0.15, 0.2) is 0 Å². The van der Waals surface area contributed by atoms with Crippen molar-refractivity contribution in [1.29, 1.82) is 0 Å². The largest absolute Gasteiger partial charge is 0.394 e. The van der Waals surface area contributed by atoms with Gasteiger partial charge in [-0.3, -0.25) is 0 Å². The monoisotopic (exact) mass is 352 g/mol. The van der Waals surface area contributed by atoms with Gasteiger partial charge in [-0.15, -0.1) is 0 Å². The van der Waals surface area contributed by atoms with E-state index < -0.39 is 60.9 Å². The Bertz CT molecular complexity index is 393. The average molecular weight is 352 g/mol. The first-order valence-electron chi connectivity index (χ1n) is 8.17. The summed E-state index contributed by atoms with van der Waals surface area (Å²) in [6.07, 6.45) is -8.95. The predicted molar refractivity (Wildman–Crippen MR) is 80.1 cm³/mol. The molecular formula is C15H28O9. The van der Waals surface area contributed by atoms with Crippen molar-refractivity contribution < 1.29 is 44.8 Å². The van der Waals surface area contributed by atoms with Gasteiger partial charge in [-0.05, 0) is 6.92 Å². The van der Waals surface area contributed by atoms with E-state index in [-0.39, 0.29) is 19.8 Å². The molecule has 142 valence electrons. The summed E-state index contributed by atoms with van der Waals surface area (Å²) in [5.74, 6) is -0.415. The first-order valence-corrected chi connectivity index (χ1v) is 8.17. The van der Waals surface area contributed by atoms with E-state index in [4.69, 9.17) is 14.2 Å². The topological polar surface area (TPSA) is 149 Å². The first-order chi connectivity index (χ1) is 11.3. The van der Waals surface area contributed by atoms with Crippen LogP contribution in [0.25, 0.3) is 0 Å². The molecule has 2 aliphatic rings. The Balaban J connectivity index is 1.85. The van der Waals surface area contributed by atoms with E-state index >= 15 is 0 Å². The number of hydrogen-bond acceptors (Lipinski definition) is 9. The SMILES string of the molecule is CC1OC(COCC2OC(CO)C(C)C(O)C2O)C(O)C(O)C1O. The maximum Gasteiger partial charge on any atom is 0.111 e. The summed E-state index contributed by atoms with van der Waals surface area (Å²) in [5, 5.41) is 58.6. The molecule has 10 unspecified atom stereocenters. The molecule has 0 aromatic rings. The van der Waals surface area contributed by atoms with E-state index in [9.17, 15) is 30.6 Å². The molecule has 2 aliphatic heterocycles. The van der Waals surface area contributed by atoms with Crippen molar-refractivity contribution >= 4 is 0 Å². The smallest absolute Gasteiger partial charge is 0.111 e. The van der Waals surface area contributed by atoms with Crippen molar-refractivity contribution in [3.05, 3.63) is 0 Å². The van der Waals surface area contributed by atoms with Gasteiger partial charge in [0.05, 0.1) is 38.1 Å². The third kappa shape index (κ3) is 4.06. The zero-order chi connectivity index (χ0) is 18.0. The molecule has 2 heterocycles. The molecule has 0 amide bonds. The molecule has 24 heavy (non-hydrogen) atoms. The van der Waals surface area contributed by atoms with Crippen LogP contribution < -0.4 is 0 Å². The van der Waals surface area contributed by atoms with Crippen LogP contribution in [0, 0.1) is 5.92 Å². The van der Waals surface area contributed by atoms with Crippen LogP contribution >= 0.6 is 0 Å². The first kappa shape index (κ1) is 20.0. The predicted octanol–water partition coefficient (Wildman–Crippen LogP) is -3.01. The summed E-state index contributed by atoms with van der Waals surface area (Å²) in [6.45, 7) is 2.79. The van der Waals surface area contributed by atoms with E-state index in [0.29, 0.717) is 0 Å². The van der Waals surface area contributed by atoms with Gasteiger partial charge in [0, 0.05) is 5.92 Å². The number of aliphatic hydroxyl groups is 6. The Kier molecular flexibility index (Phi) is 6.94. The molecule has 0 bridgehead atoms. The molecule has 0 saturated carbocycles. The highest BCUT2D eigenvalue weighted by Gasteiger charge is 2.43. The van der Waals surface area contributed by atoms with Gasteiger partial charge in [0.2, 0.25) is 0 Å². The van der Waals surface area contributed by atoms with E-state index in [2.05, 4.69) is 0 Å². The number of rotatable bonds is 5. The third-order valence-corrected chi connectivity index (χ3v) is 4.90. The average Bonchev–Trinajstić information content (AvgIpc) is 2.57. The van der Waals surface area contributed by atoms with E-state index in [1.54, 1.807) is 13.8 Å². The minimum absolute atomic E-state index is 0.0823. The van der Waals surface area contributed by atoms with Crippen molar-refractivity contribution in [3.63, 3.8) is 0 Å². The van der Waals surface area contributed by atoms with Crippen LogP contribution in [-0.2, 0) is 14.2 Å². The second-order valence-corrected chi connectivity index (χ2v) is 6.62. The Morgan fingerprint density at radius 3 is 1.83 bits per heavy atom. The molecule has 2 saturated heterocycles. The van der Waals surface area contributed by atoms with E-state index in [1.807, 2.05) is 0 Å². The molecule has 2 fully saturated rings. The Hall–Kier alpha value is -0.360. The van der Waals surface area contributed by atoms with Crippen molar-refractivity contribution in [2.75, 3.05) is 19.8 Å². The van der Waals surface area contributed by atoms with Crippen LogP contribution in [0.4, 0.5) is 0 Å². The molecular weight excluding hydrogens is 324 g/mol. The van der Waals surface area contributed by atoms with E-state index in [1.165, 1.54) is 0 Å².